The van der Waals surface area contributed by atoms with E-state index in [4.69, 9.17) is 20.9 Å². The summed E-state index contributed by atoms with van der Waals surface area (Å²) in [6.07, 6.45) is 2.59. The first-order valence-corrected chi connectivity index (χ1v) is 15.2. The summed E-state index contributed by atoms with van der Waals surface area (Å²) in [7, 11) is -0.611. The molecule has 2 heterocycles. The number of carbonyl (C=O) groups excluding carboxylic acids is 2. The van der Waals surface area contributed by atoms with Crippen molar-refractivity contribution in [1.82, 2.24) is 19.9 Å². The number of nitrogens with two attached hydrogens (primary N) is 2. The average Bonchev–Trinajstić information content (AvgIpc) is 3.00. The first-order chi connectivity index (χ1) is 20.1. The van der Waals surface area contributed by atoms with E-state index in [-0.39, 0.29) is 39.5 Å². The molecule has 0 atom stereocenters. The Hall–Kier alpha value is -4.56. The van der Waals surface area contributed by atoms with Crippen molar-refractivity contribution >= 4 is 44.8 Å². The maximum atomic E-state index is 12.5. The van der Waals surface area contributed by atoms with E-state index in [1.54, 1.807) is 48.5 Å². The lowest BCUT2D eigenvalue weighted by Gasteiger charge is -2.09. The Morgan fingerprint density at radius 1 is 0.762 bits per heavy atom. The number of nitrogens with zero attached hydrogens (tertiary/aromatic N) is 4. The van der Waals surface area contributed by atoms with Gasteiger partial charge in [0.15, 0.2) is 5.16 Å². The summed E-state index contributed by atoms with van der Waals surface area (Å²) < 4.78 is 33.7. The third-order valence-corrected chi connectivity index (χ3v) is 7.97. The van der Waals surface area contributed by atoms with Crippen LogP contribution >= 0.6 is 11.8 Å². The highest BCUT2D eigenvalue weighted by atomic mass is 32.2. The topological polar surface area (TPSA) is 190 Å². The van der Waals surface area contributed by atoms with Gasteiger partial charge in [0.25, 0.3) is 0 Å². The van der Waals surface area contributed by atoms with Crippen molar-refractivity contribution in [3.8, 4) is 11.5 Å². The molecule has 0 aliphatic rings. The van der Waals surface area contributed by atoms with Crippen molar-refractivity contribution in [3.05, 3.63) is 83.2 Å². The van der Waals surface area contributed by atoms with Gasteiger partial charge in [0, 0.05) is 12.4 Å². The third kappa shape index (κ3) is 7.39. The number of ketones is 2. The van der Waals surface area contributed by atoms with Crippen molar-refractivity contribution in [3.63, 3.8) is 0 Å². The number of hydrogen-bond donors (Lipinski definition) is 2. The number of methoxy groups -OCH3 is 2. The monoisotopic (exact) mass is 610 g/mol. The molecule has 0 saturated heterocycles. The normalized spacial score (nSPS) is 10.8. The molecule has 0 aliphatic carbocycles. The lowest BCUT2D eigenvalue weighted by Crippen LogP contribution is -2.14. The standard InChI is InChI=1S/C14H15N3O4S.C14H15N3O2S/c1-3-22(19,20)14-16-8-10(13(15)17-14)12(18)9-6-4-5-7-11(9)21-2;1-3-20-14-16-8-10(13(15)17-14)12(18)9-6-4-5-7-11(9)19-2/h4-8H,3H2,1-2H3,(H2,15,16,17);4-8H,3H2,1-2H3,(H2,15,16,17). The van der Waals surface area contributed by atoms with Crippen molar-refractivity contribution in [2.24, 2.45) is 0 Å². The van der Waals surface area contributed by atoms with Gasteiger partial charge in [0.05, 0.1) is 42.2 Å². The minimum absolute atomic E-state index is 0.0274. The predicted octanol–water partition coefficient (Wildman–Crippen LogP) is 3.50. The van der Waals surface area contributed by atoms with E-state index < -0.39 is 15.6 Å². The fourth-order valence-corrected chi connectivity index (χ4v) is 4.80. The zero-order valence-electron chi connectivity index (χ0n) is 23.4. The second-order valence-corrected chi connectivity index (χ2v) is 11.7. The van der Waals surface area contributed by atoms with Gasteiger partial charge in [-0.2, -0.15) is 0 Å². The number of thioether (sulfide) groups is 1. The van der Waals surface area contributed by atoms with Crippen LogP contribution in [-0.2, 0) is 9.84 Å². The lowest BCUT2D eigenvalue weighted by atomic mass is 10.0. The Labute approximate surface area is 247 Å². The molecule has 0 unspecified atom stereocenters. The van der Waals surface area contributed by atoms with Gasteiger partial charge in [-0.25, -0.2) is 28.4 Å². The highest BCUT2D eigenvalue weighted by Crippen LogP contribution is 2.25. The minimum Gasteiger partial charge on any atom is -0.496 e. The Bertz CT molecular complexity index is 1700. The van der Waals surface area contributed by atoms with Gasteiger partial charge in [-0.3, -0.25) is 9.59 Å². The van der Waals surface area contributed by atoms with Crippen molar-refractivity contribution in [1.29, 1.82) is 0 Å². The molecule has 12 nitrogen and oxygen atoms in total. The van der Waals surface area contributed by atoms with Gasteiger partial charge in [0.2, 0.25) is 26.6 Å². The zero-order chi connectivity index (χ0) is 30.9. The molecular weight excluding hydrogens is 580 g/mol. The Kier molecular flexibility index (Phi) is 10.9. The van der Waals surface area contributed by atoms with E-state index in [9.17, 15) is 18.0 Å². The summed E-state index contributed by atoms with van der Waals surface area (Å²) in [6, 6.07) is 13.6. The summed E-state index contributed by atoms with van der Waals surface area (Å²) in [6.45, 7) is 3.47. The molecule has 4 rings (SSSR count). The number of hydrogen-bond acceptors (Lipinski definition) is 13. The van der Waals surface area contributed by atoms with E-state index in [2.05, 4.69) is 19.9 Å². The SMILES string of the molecule is CCS(=O)(=O)c1ncc(C(=O)c2ccccc2OC)c(N)n1.CCSc1ncc(C(=O)c2ccccc2OC)c(N)n1. The first kappa shape index (κ1) is 32.0. The molecule has 4 aromatic rings. The second-order valence-electron chi connectivity index (χ2n) is 8.30. The summed E-state index contributed by atoms with van der Waals surface area (Å²) in [5, 5.41) is 0.186. The largest absolute Gasteiger partial charge is 0.496 e. The van der Waals surface area contributed by atoms with E-state index in [1.165, 1.54) is 39.1 Å². The van der Waals surface area contributed by atoms with Gasteiger partial charge in [-0.05, 0) is 30.0 Å². The molecule has 0 fully saturated rings. The highest BCUT2D eigenvalue weighted by molar-refractivity contribution is 7.99. The van der Waals surface area contributed by atoms with Crippen LogP contribution in [0.3, 0.4) is 0 Å². The summed E-state index contributed by atoms with van der Waals surface area (Å²) in [5.41, 5.74) is 12.6. The molecule has 4 N–H and O–H groups in total. The fraction of sp³-hybridized carbons (Fsp3) is 0.214. The molecule has 2 aromatic heterocycles. The van der Waals surface area contributed by atoms with Crippen LogP contribution in [-0.4, -0.2) is 65.6 Å². The maximum Gasteiger partial charge on any atom is 0.249 e. The molecule has 0 amide bonds. The quantitative estimate of drug-likeness (QED) is 0.151. The summed E-state index contributed by atoms with van der Waals surface area (Å²) in [5.74, 6) is 0.917. The molecule has 0 saturated carbocycles. The fourth-order valence-electron chi connectivity index (χ4n) is 3.54. The van der Waals surface area contributed by atoms with Crippen LogP contribution in [0.4, 0.5) is 11.6 Å². The number of ether oxygens (including phenoxy) is 2. The number of nitrogen functional groups attached to an aromatic ring is 2. The maximum absolute atomic E-state index is 12.5. The molecule has 0 radical (unpaired) electrons. The molecular formula is C28H30N6O6S2. The predicted molar refractivity (Wildman–Crippen MR) is 160 cm³/mol. The summed E-state index contributed by atoms with van der Waals surface area (Å²) >= 11 is 1.48. The van der Waals surface area contributed by atoms with E-state index in [0.29, 0.717) is 27.8 Å². The second kappa shape index (κ2) is 14.4. The summed E-state index contributed by atoms with van der Waals surface area (Å²) in [4.78, 5) is 40.7. The lowest BCUT2D eigenvalue weighted by molar-refractivity contribution is 0.102. The van der Waals surface area contributed by atoms with Crippen LogP contribution in [0.2, 0.25) is 0 Å². The van der Waals surface area contributed by atoms with E-state index >= 15 is 0 Å². The zero-order valence-corrected chi connectivity index (χ0v) is 25.0. The van der Waals surface area contributed by atoms with Gasteiger partial charge in [-0.1, -0.05) is 49.9 Å². The number of para-hydroxylation sites is 2. The van der Waals surface area contributed by atoms with Gasteiger partial charge < -0.3 is 20.9 Å². The number of sulfone groups is 1. The van der Waals surface area contributed by atoms with Crippen LogP contribution in [0, 0.1) is 0 Å². The number of aromatic nitrogens is 4. The third-order valence-electron chi connectivity index (χ3n) is 5.72. The van der Waals surface area contributed by atoms with Crippen LogP contribution < -0.4 is 20.9 Å². The van der Waals surface area contributed by atoms with Crippen LogP contribution in [0.15, 0.2) is 71.2 Å². The Balaban J connectivity index is 0.000000231. The molecule has 14 heteroatoms. The minimum atomic E-state index is -3.58. The van der Waals surface area contributed by atoms with Gasteiger partial charge >= 0.3 is 0 Å². The molecule has 220 valence electrons. The van der Waals surface area contributed by atoms with Crippen molar-refractivity contribution < 1.29 is 27.5 Å². The Morgan fingerprint density at radius 2 is 1.24 bits per heavy atom. The smallest absolute Gasteiger partial charge is 0.249 e. The van der Waals surface area contributed by atoms with Crippen molar-refractivity contribution in [2.45, 2.75) is 24.2 Å². The van der Waals surface area contributed by atoms with E-state index in [0.717, 1.165) is 11.9 Å². The molecule has 0 aliphatic heterocycles. The van der Waals surface area contributed by atoms with Gasteiger partial charge in [0.1, 0.15) is 23.1 Å². The average molecular weight is 611 g/mol. The highest BCUT2D eigenvalue weighted by Gasteiger charge is 2.22. The molecule has 2 aromatic carbocycles. The number of rotatable bonds is 10. The van der Waals surface area contributed by atoms with Gasteiger partial charge in [-0.15, -0.1) is 0 Å². The molecule has 0 bridgehead atoms. The first-order valence-electron chi connectivity index (χ1n) is 12.5. The number of carbonyl (C=O) groups is 2. The van der Waals surface area contributed by atoms with Crippen molar-refractivity contribution in [2.75, 3.05) is 37.2 Å². The molecule has 42 heavy (non-hydrogen) atoms. The molecule has 0 spiro atoms. The number of benzene rings is 2. The van der Waals surface area contributed by atoms with E-state index in [1.807, 2.05) is 6.92 Å². The Morgan fingerprint density at radius 3 is 1.67 bits per heavy atom. The van der Waals surface area contributed by atoms with Crippen LogP contribution in [0.25, 0.3) is 0 Å². The van der Waals surface area contributed by atoms with Crippen LogP contribution in [0.5, 0.6) is 11.5 Å². The number of anilines is 2. The van der Waals surface area contributed by atoms with Crippen LogP contribution in [0.1, 0.15) is 45.7 Å².